The zero-order valence-electron chi connectivity index (χ0n) is 6.63. The van der Waals surface area contributed by atoms with Crippen molar-refractivity contribution >= 4 is 15.9 Å². The quantitative estimate of drug-likeness (QED) is 0.630. The highest BCUT2D eigenvalue weighted by atomic mass is 79.9. The van der Waals surface area contributed by atoms with Crippen LogP contribution in [0.4, 0.5) is 8.78 Å². The summed E-state index contributed by atoms with van der Waals surface area (Å²) in [7, 11) is 0. The fourth-order valence-electron chi connectivity index (χ4n) is 0.554. The maximum atomic E-state index is 12.8. The van der Waals surface area contributed by atoms with Crippen LogP contribution in [0.25, 0.3) is 0 Å². The van der Waals surface area contributed by atoms with Crippen LogP contribution in [0.3, 0.4) is 0 Å². The Morgan fingerprint density at radius 2 is 1.91 bits per heavy atom. The van der Waals surface area contributed by atoms with Gasteiger partial charge < -0.3 is 0 Å². The van der Waals surface area contributed by atoms with Gasteiger partial charge in [0, 0.05) is 0 Å². The minimum Gasteiger partial charge on any atom is -0.209 e. The van der Waals surface area contributed by atoms with Crippen LogP contribution in [0, 0.1) is 0 Å². The van der Waals surface area contributed by atoms with Crippen molar-refractivity contribution in [3.63, 3.8) is 0 Å². The van der Waals surface area contributed by atoms with E-state index in [4.69, 9.17) is 0 Å². The van der Waals surface area contributed by atoms with E-state index in [-0.39, 0.29) is 10.9 Å². The molecule has 0 bridgehead atoms. The first-order chi connectivity index (χ1) is 5.13. The molecule has 0 spiro atoms. The Morgan fingerprint density at radius 3 is 2.27 bits per heavy atom. The molecule has 0 nitrogen and oxygen atoms in total. The summed E-state index contributed by atoms with van der Waals surface area (Å²) in [5.74, 6) is -1.49. The lowest BCUT2D eigenvalue weighted by Gasteiger charge is -1.96. The maximum absolute atomic E-state index is 12.8. The van der Waals surface area contributed by atoms with Crippen LogP contribution in [-0.2, 0) is 0 Å². The normalized spacial score (nSPS) is 14.8. The highest BCUT2D eigenvalue weighted by Crippen LogP contribution is 2.24. The molecule has 0 saturated carbocycles. The second-order valence-electron chi connectivity index (χ2n) is 2.03. The number of rotatable bonds is 3. The third-order valence-corrected chi connectivity index (χ3v) is 1.81. The van der Waals surface area contributed by atoms with Crippen LogP contribution in [0.5, 0.6) is 0 Å². The molecule has 0 heterocycles. The molecule has 0 saturated heterocycles. The Hall–Kier alpha value is -0.180. The van der Waals surface area contributed by atoms with E-state index in [9.17, 15) is 8.78 Å². The molecule has 0 aliphatic rings. The van der Waals surface area contributed by atoms with E-state index in [0.29, 0.717) is 6.42 Å². The molecule has 0 rings (SSSR count). The summed E-state index contributed by atoms with van der Waals surface area (Å²) < 4.78 is 25.5. The smallest absolute Gasteiger partial charge is 0.168 e. The van der Waals surface area contributed by atoms with Crippen molar-refractivity contribution in [1.29, 1.82) is 0 Å². The Kier molecular flexibility index (Phi) is 5.38. The monoisotopic (exact) mass is 224 g/mol. The molecular formula is C8H11BrF2. The highest BCUT2D eigenvalue weighted by Gasteiger charge is 2.06. The van der Waals surface area contributed by atoms with Gasteiger partial charge in [-0.15, -0.1) is 0 Å². The van der Waals surface area contributed by atoms with Gasteiger partial charge in [0.25, 0.3) is 0 Å². The molecule has 0 aromatic carbocycles. The number of hydrogen-bond acceptors (Lipinski definition) is 0. The van der Waals surface area contributed by atoms with Gasteiger partial charge in [0.15, 0.2) is 5.83 Å². The molecule has 0 aliphatic heterocycles. The van der Waals surface area contributed by atoms with Crippen LogP contribution >= 0.6 is 15.9 Å². The summed E-state index contributed by atoms with van der Waals surface area (Å²) in [6.07, 6.45) is 2.37. The summed E-state index contributed by atoms with van der Waals surface area (Å²) in [4.78, 5) is 0. The summed E-state index contributed by atoms with van der Waals surface area (Å²) >= 11 is 2.93. The van der Waals surface area contributed by atoms with Gasteiger partial charge in [0.05, 0.1) is 4.48 Å². The molecule has 0 fully saturated rings. The molecule has 0 aromatic heterocycles. The fourth-order valence-corrected chi connectivity index (χ4v) is 1.09. The van der Waals surface area contributed by atoms with Gasteiger partial charge in [-0.2, -0.15) is 0 Å². The lowest BCUT2D eigenvalue weighted by atomic mass is 10.3. The molecule has 0 radical (unpaired) electrons. The Balaban J connectivity index is 4.46. The summed E-state index contributed by atoms with van der Waals surface area (Å²) in [6.45, 7) is 3.43. The van der Waals surface area contributed by atoms with Crippen molar-refractivity contribution in [3.8, 4) is 0 Å². The molecule has 3 heteroatoms. The molecule has 64 valence electrons. The number of allylic oxidation sites excluding steroid dienone is 4. The van der Waals surface area contributed by atoms with E-state index < -0.39 is 11.7 Å². The predicted octanol–water partition coefficient (Wildman–Crippen LogP) is 4.24. The molecular weight excluding hydrogens is 214 g/mol. The van der Waals surface area contributed by atoms with Crippen molar-refractivity contribution < 1.29 is 8.78 Å². The zero-order chi connectivity index (χ0) is 8.85. The van der Waals surface area contributed by atoms with Gasteiger partial charge in [0.2, 0.25) is 0 Å². The van der Waals surface area contributed by atoms with Crippen molar-refractivity contribution in [2.24, 2.45) is 0 Å². The first-order valence-electron chi connectivity index (χ1n) is 3.53. The topological polar surface area (TPSA) is 0 Å². The van der Waals surface area contributed by atoms with E-state index in [0.717, 1.165) is 0 Å². The van der Waals surface area contributed by atoms with Crippen LogP contribution in [-0.4, -0.2) is 0 Å². The molecule has 0 aromatic rings. The maximum Gasteiger partial charge on any atom is 0.168 e. The lowest BCUT2D eigenvalue weighted by Crippen LogP contribution is -1.79. The standard InChI is InChI=1S/C8H11BrF2/c1-3-5-6(9)8(11)7(10)4-2/h5H,3-4H2,1-2H3/b6-5+,8-7-. The van der Waals surface area contributed by atoms with Crippen LogP contribution in [0.2, 0.25) is 0 Å². The second-order valence-corrected chi connectivity index (χ2v) is 2.89. The molecule has 0 unspecified atom stereocenters. The Morgan fingerprint density at radius 1 is 1.36 bits per heavy atom. The van der Waals surface area contributed by atoms with E-state index in [1.165, 1.54) is 0 Å². The van der Waals surface area contributed by atoms with Crippen molar-refractivity contribution in [3.05, 3.63) is 22.2 Å². The predicted molar refractivity (Wildman–Crippen MR) is 46.8 cm³/mol. The highest BCUT2D eigenvalue weighted by molar-refractivity contribution is 9.11. The average molecular weight is 225 g/mol. The van der Waals surface area contributed by atoms with Gasteiger partial charge in [0.1, 0.15) is 5.83 Å². The summed E-state index contributed by atoms with van der Waals surface area (Å²) in [6, 6.07) is 0. The lowest BCUT2D eigenvalue weighted by molar-refractivity contribution is 0.530. The Labute approximate surface area is 74.1 Å². The fraction of sp³-hybridized carbons (Fsp3) is 0.500. The van der Waals surface area contributed by atoms with Crippen LogP contribution in [0.15, 0.2) is 22.2 Å². The number of hydrogen-bond donors (Lipinski definition) is 0. The third-order valence-electron chi connectivity index (χ3n) is 1.14. The SMILES string of the molecule is CC/C=C(Br)\C(F)=C(\F)CC. The van der Waals surface area contributed by atoms with Gasteiger partial charge in [-0.1, -0.05) is 19.9 Å². The van der Waals surface area contributed by atoms with Crippen molar-refractivity contribution in [2.75, 3.05) is 0 Å². The van der Waals surface area contributed by atoms with Crippen LogP contribution < -0.4 is 0 Å². The summed E-state index contributed by atoms with van der Waals surface area (Å²) in [5, 5.41) is 0. The van der Waals surface area contributed by atoms with E-state index in [2.05, 4.69) is 15.9 Å². The number of halogens is 3. The largest absolute Gasteiger partial charge is 0.209 e. The van der Waals surface area contributed by atoms with Crippen molar-refractivity contribution in [1.82, 2.24) is 0 Å². The minimum atomic E-state index is -0.783. The first kappa shape index (κ1) is 10.8. The molecule has 0 aliphatic carbocycles. The zero-order valence-corrected chi connectivity index (χ0v) is 8.21. The molecule has 0 N–H and O–H groups in total. The van der Waals surface area contributed by atoms with Crippen molar-refractivity contribution in [2.45, 2.75) is 26.7 Å². The average Bonchev–Trinajstić information content (AvgIpc) is 2.02. The molecule has 0 atom stereocenters. The van der Waals surface area contributed by atoms with Crippen LogP contribution in [0.1, 0.15) is 26.7 Å². The van der Waals surface area contributed by atoms with Gasteiger partial charge >= 0.3 is 0 Å². The van der Waals surface area contributed by atoms with E-state index >= 15 is 0 Å². The molecule has 0 amide bonds. The Bertz CT molecular complexity index is 183. The molecule has 11 heavy (non-hydrogen) atoms. The minimum absolute atomic E-state index is 0.0957. The van der Waals surface area contributed by atoms with E-state index in [1.807, 2.05) is 6.92 Å². The van der Waals surface area contributed by atoms with E-state index in [1.54, 1.807) is 13.0 Å². The van der Waals surface area contributed by atoms with Gasteiger partial charge in [-0.05, 0) is 28.8 Å². The van der Waals surface area contributed by atoms with Gasteiger partial charge in [-0.25, -0.2) is 8.78 Å². The van der Waals surface area contributed by atoms with Gasteiger partial charge in [-0.3, -0.25) is 0 Å². The first-order valence-corrected chi connectivity index (χ1v) is 4.32. The third kappa shape index (κ3) is 3.65. The summed E-state index contributed by atoms with van der Waals surface area (Å²) in [5.41, 5.74) is 0. The second kappa shape index (κ2) is 5.47.